The third-order valence-corrected chi connectivity index (χ3v) is 2.52. The standard InChI is InChI=1S/C8H13NS/c1-6-3-4-10-8(6)5-7(2)9/h3-4,7H,5,9H2,1-2H3/t7-/m1/s1. The molecule has 0 aliphatic heterocycles. The molecule has 0 spiro atoms. The third kappa shape index (κ3) is 1.82. The summed E-state index contributed by atoms with van der Waals surface area (Å²) in [5.41, 5.74) is 7.04. The summed E-state index contributed by atoms with van der Waals surface area (Å²) in [6.07, 6.45) is 1.02. The summed E-state index contributed by atoms with van der Waals surface area (Å²) in [6.45, 7) is 4.17. The summed E-state index contributed by atoms with van der Waals surface area (Å²) in [5.74, 6) is 0. The van der Waals surface area contributed by atoms with E-state index in [-0.39, 0.29) is 6.04 Å². The first-order valence-corrected chi connectivity index (χ1v) is 4.36. The van der Waals surface area contributed by atoms with E-state index in [1.165, 1.54) is 10.4 Å². The van der Waals surface area contributed by atoms with E-state index in [2.05, 4.69) is 18.4 Å². The highest BCUT2D eigenvalue weighted by atomic mass is 32.1. The van der Waals surface area contributed by atoms with E-state index < -0.39 is 0 Å². The van der Waals surface area contributed by atoms with Crippen LogP contribution < -0.4 is 5.73 Å². The zero-order valence-corrected chi connectivity index (χ0v) is 7.24. The second-order valence-corrected chi connectivity index (χ2v) is 3.71. The van der Waals surface area contributed by atoms with Gasteiger partial charge in [0.05, 0.1) is 0 Å². The minimum atomic E-state index is 0.289. The van der Waals surface area contributed by atoms with Crippen molar-refractivity contribution in [2.75, 3.05) is 0 Å². The Bertz CT molecular complexity index is 203. The fourth-order valence-electron chi connectivity index (χ4n) is 0.906. The first kappa shape index (κ1) is 7.76. The quantitative estimate of drug-likeness (QED) is 0.694. The van der Waals surface area contributed by atoms with Crippen LogP contribution in [0.4, 0.5) is 0 Å². The molecule has 1 rings (SSSR count). The van der Waals surface area contributed by atoms with Gasteiger partial charge in [0.2, 0.25) is 0 Å². The van der Waals surface area contributed by atoms with Crippen molar-refractivity contribution in [3.63, 3.8) is 0 Å². The summed E-state index contributed by atoms with van der Waals surface area (Å²) in [4.78, 5) is 1.43. The molecule has 1 heterocycles. The number of hydrogen-bond acceptors (Lipinski definition) is 2. The van der Waals surface area contributed by atoms with Gasteiger partial charge >= 0.3 is 0 Å². The maximum Gasteiger partial charge on any atom is 0.00896 e. The molecule has 0 bridgehead atoms. The predicted octanol–water partition coefficient (Wildman–Crippen LogP) is 1.95. The SMILES string of the molecule is Cc1ccsc1C[C@@H](C)N. The molecule has 10 heavy (non-hydrogen) atoms. The fraction of sp³-hybridized carbons (Fsp3) is 0.500. The lowest BCUT2D eigenvalue weighted by molar-refractivity contribution is 0.744. The van der Waals surface area contributed by atoms with Gasteiger partial charge in [0, 0.05) is 10.9 Å². The van der Waals surface area contributed by atoms with Crippen molar-refractivity contribution in [2.24, 2.45) is 5.73 Å². The summed E-state index contributed by atoms with van der Waals surface area (Å²) in [7, 11) is 0. The van der Waals surface area contributed by atoms with Crippen LogP contribution in [-0.4, -0.2) is 6.04 Å². The van der Waals surface area contributed by atoms with Crippen LogP contribution in [0.25, 0.3) is 0 Å². The van der Waals surface area contributed by atoms with Crippen LogP contribution in [0.2, 0.25) is 0 Å². The molecule has 0 saturated carbocycles. The third-order valence-electron chi connectivity index (χ3n) is 1.48. The highest BCUT2D eigenvalue weighted by molar-refractivity contribution is 7.10. The van der Waals surface area contributed by atoms with Gasteiger partial charge in [0.1, 0.15) is 0 Å². The van der Waals surface area contributed by atoms with Crippen LogP contribution in [-0.2, 0) is 6.42 Å². The van der Waals surface area contributed by atoms with Crippen molar-refractivity contribution in [1.29, 1.82) is 0 Å². The molecule has 2 N–H and O–H groups in total. The number of aryl methyl sites for hydroxylation is 1. The highest BCUT2D eigenvalue weighted by Crippen LogP contribution is 2.16. The van der Waals surface area contributed by atoms with Crippen LogP contribution in [0, 0.1) is 6.92 Å². The minimum Gasteiger partial charge on any atom is -0.328 e. The van der Waals surface area contributed by atoms with E-state index in [0.29, 0.717) is 0 Å². The van der Waals surface area contributed by atoms with Gasteiger partial charge in [-0.05, 0) is 37.3 Å². The summed E-state index contributed by atoms with van der Waals surface area (Å²) in [6, 6.07) is 2.43. The number of rotatable bonds is 2. The van der Waals surface area contributed by atoms with Gasteiger partial charge in [-0.25, -0.2) is 0 Å². The summed E-state index contributed by atoms with van der Waals surface area (Å²) >= 11 is 1.80. The van der Waals surface area contributed by atoms with E-state index in [9.17, 15) is 0 Å². The molecule has 0 radical (unpaired) electrons. The van der Waals surface area contributed by atoms with Crippen LogP contribution >= 0.6 is 11.3 Å². The second kappa shape index (κ2) is 3.17. The molecule has 56 valence electrons. The van der Waals surface area contributed by atoms with E-state index in [1.54, 1.807) is 11.3 Å². The topological polar surface area (TPSA) is 26.0 Å². The highest BCUT2D eigenvalue weighted by Gasteiger charge is 2.01. The average molecular weight is 155 g/mol. The van der Waals surface area contributed by atoms with Crippen LogP contribution in [0.1, 0.15) is 17.4 Å². The Hall–Kier alpha value is -0.340. The van der Waals surface area contributed by atoms with E-state index in [4.69, 9.17) is 5.73 Å². The molecule has 1 aromatic rings. The van der Waals surface area contributed by atoms with Gasteiger partial charge in [-0.3, -0.25) is 0 Å². The Morgan fingerprint density at radius 1 is 1.70 bits per heavy atom. The Kier molecular flexibility index (Phi) is 2.46. The van der Waals surface area contributed by atoms with Gasteiger partial charge in [-0.15, -0.1) is 11.3 Å². The fourth-order valence-corrected chi connectivity index (χ4v) is 1.96. The van der Waals surface area contributed by atoms with Crippen molar-refractivity contribution >= 4 is 11.3 Å². The Morgan fingerprint density at radius 3 is 2.80 bits per heavy atom. The first-order valence-electron chi connectivity index (χ1n) is 3.48. The molecular weight excluding hydrogens is 142 g/mol. The zero-order chi connectivity index (χ0) is 7.56. The monoisotopic (exact) mass is 155 g/mol. The Labute approximate surface area is 65.9 Å². The minimum absolute atomic E-state index is 0.289. The van der Waals surface area contributed by atoms with Crippen molar-refractivity contribution in [3.8, 4) is 0 Å². The number of thiophene rings is 1. The second-order valence-electron chi connectivity index (χ2n) is 2.71. The molecule has 0 unspecified atom stereocenters. The maximum absolute atomic E-state index is 5.66. The van der Waals surface area contributed by atoms with Gasteiger partial charge in [-0.1, -0.05) is 0 Å². The lowest BCUT2D eigenvalue weighted by Gasteiger charge is -2.02. The molecule has 0 aliphatic rings. The molecular formula is C8H13NS. The smallest absolute Gasteiger partial charge is 0.00896 e. The van der Waals surface area contributed by atoms with Gasteiger partial charge < -0.3 is 5.73 Å². The van der Waals surface area contributed by atoms with Crippen molar-refractivity contribution in [1.82, 2.24) is 0 Å². The molecule has 1 nitrogen and oxygen atoms in total. The number of hydrogen-bond donors (Lipinski definition) is 1. The van der Waals surface area contributed by atoms with Crippen molar-refractivity contribution in [3.05, 3.63) is 21.9 Å². The first-order chi connectivity index (χ1) is 4.70. The molecule has 0 aliphatic carbocycles. The van der Waals surface area contributed by atoms with E-state index in [0.717, 1.165) is 6.42 Å². The molecule has 2 heteroatoms. The molecule has 1 aromatic heterocycles. The lowest BCUT2D eigenvalue weighted by Crippen LogP contribution is -2.17. The number of nitrogens with two attached hydrogens (primary N) is 1. The molecule has 1 atom stereocenters. The summed E-state index contributed by atoms with van der Waals surface area (Å²) < 4.78 is 0. The predicted molar refractivity (Wildman–Crippen MR) is 46.4 cm³/mol. The van der Waals surface area contributed by atoms with Crippen LogP contribution in [0.5, 0.6) is 0 Å². The maximum atomic E-state index is 5.66. The Balaban J connectivity index is 2.65. The van der Waals surface area contributed by atoms with Crippen LogP contribution in [0.3, 0.4) is 0 Å². The van der Waals surface area contributed by atoms with Crippen molar-refractivity contribution < 1.29 is 0 Å². The largest absolute Gasteiger partial charge is 0.328 e. The van der Waals surface area contributed by atoms with E-state index >= 15 is 0 Å². The van der Waals surface area contributed by atoms with Crippen molar-refractivity contribution in [2.45, 2.75) is 26.3 Å². The molecule has 0 fully saturated rings. The van der Waals surface area contributed by atoms with Crippen LogP contribution in [0.15, 0.2) is 11.4 Å². The zero-order valence-electron chi connectivity index (χ0n) is 6.42. The Morgan fingerprint density at radius 2 is 2.40 bits per heavy atom. The molecule has 0 aromatic carbocycles. The van der Waals surface area contributed by atoms with Gasteiger partial charge in [-0.2, -0.15) is 0 Å². The average Bonchev–Trinajstić information content (AvgIpc) is 2.15. The molecule has 0 saturated heterocycles. The van der Waals surface area contributed by atoms with Gasteiger partial charge in [0.25, 0.3) is 0 Å². The molecule has 0 amide bonds. The lowest BCUT2D eigenvalue weighted by atomic mass is 10.2. The summed E-state index contributed by atoms with van der Waals surface area (Å²) in [5, 5.41) is 2.12. The van der Waals surface area contributed by atoms with E-state index in [1.807, 2.05) is 6.92 Å². The van der Waals surface area contributed by atoms with Gasteiger partial charge in [0.15, 0.2) is 0 Å². The normalized spacial score (nSPS) is 13.5.